The molecule has 3 aromatic heterocycles. The van der Waals surface area contributed by atoms with Crippen LogP contribution in [0.2, 0.25) is 0 Å². The van der Waals surface area contributed by atoms with Crippen LogP contribution in [-0.2, 0) is 4.79 Å². The molecule has 8 nitrogen and oxygen atoms in total. The maximum atomic E-state index is 12.8. The average Bonchev–Trinajstić information content (AvgIpc) is 3.57. The molecule has 0 bridgehead atoms. The Morgan fingerprint density at radius 3 is 2.69 bits per heavy atom. The van der Waals surface area contributed by atoms with Crippen LogP contribution in [0, 0.1) is 6.92 Å². The first-order valence-corrected chi connectivity index (χ1v) is 12.1. The van der Waals surface area contributed by atoms with Gasteiger partial charge in [0.1, 0.15) is 22.3 Å². The number of hydrogen-bond acceptors (Lipinski definition) is 8. The number of aryl methyl sites for hydroxylation is 1. The van der Waals surface area contributed by atoms with Crippen molar-refractivity contribution >= 4 is 23.1 Å². The SMILES string of the molecule is Cc1ccc(-c2nc(NC(=O)CN3CCN(C4CCCC4)CC3)cc(-c3nccs3)n2)o1. The Morgan fingerprint density at radius 2 is 2.00 bits per heavy atom. The number of nitrogens with zero attached hydrogens (tertiary/aromatic N) is 5. The number of thiazole rings is 1. The third-order valence-corrected chi connectivity index (χ3v) is 7.02. The van der Waals surface area contributed by atoms with Gasteiger partial charge in [-0.1, -0.05) is 12.8 Å². The number of aromatic nitrogens is 3. The Balaban J connectivity index is 1.26. The second-order valence-corrected chi connectivity index (χ2v) is 9.40. The number of nitrogens with one attached hydrogen (secondary N) is 1. The van der Waals surface area contributed by atoms with E-state index in [-0.39, 0.29) is 5.91 Å². The van der Waals surface area contributed by atoms with E-state index in [1.807, 2.05) is 24.4 Å². The van der Waals surface area contributed by atoms with Crippen molar-refractivity contribution in [2.75, 3.05) is 38.0 Å². The van der Waals surface area contributed by atoms with Gasteiger partial charge in [-0.2, -0.15) is 0 Å². The Hall–Kier alpha value is -2.62. The number of rotatable bonds is 6. The van der Waals surface area contributed by atoms with Crippen molar-refractivity contribution in [3.8, 4) is 22.3 Å². The van der Waals surface area contributed by atoms with E-state index in [4.69, 9.17) is 4.42 Å². The summed E-state index contributed by atoms with van der Waals surface area (Å²) in [5, 5.41) is 5.64. The standard InChI is InChI=1S/C23H28N6O2S/c1-16-6-7-19(31-16)22-25-18(23-24-8-13-32-23)14-20(27-22)26-21(30)15-28-9-11-29(12-10-28)17-4-2-3-5-17/h6-8,13-14,17H,2-5,9-12,15H2,1H3,(H,25,26,27,30). The van der Waals surface area contributed by atoms with Crippen LogP contribution in [0.1, 0.15) is 31.4 Å². The van der Waals surface area contributed by atoms with Crippen LogP contribution in [0.5, 0.6) is 0 Å². The van der Waals surface area contributed by atoms with Crippen LogP contribution in [0.3, 0.4) is 0 Å². The van der Waals surface area contributed by atoms with E-state index in [1.54, 1.807) is 12.3 Å². The molecule has 1 aliphatic carbocycles. The van der Waals surface area contributed by atoms with Gasteiger partial charge in [0.05, 0.1) is 6.54 Å². The summed E-state index contributed by atoms with van der Waals surface area (Å²) in [6.45, 7) is 6.18. The van der Waals surface area contributed by atoms with Crippen molar-refractivity contribution in [2.24, 2.45) is 0 Å². The van der Waals surface area contributed by atoms with Gasteiger partial charge in [0.25, 0.3) is 0 Å². The van der Waals surface area contributed by atoms with Gasteiger partial charge in [-0.3, -0.25) is 14.6 Å². The van der Waals surface area contributed by atoms with Gasteiger partial charge in [0.15, 0.2) is 11.6 Å². The summed E-state index contributed by atoms with van der Waals surface area (Å²) < 4.78 is 5.71. The van der Waals surface area contributed by atoms with Gasteiger partial charge in [0, 0.05) is 49.9 Å². The molecule has 0 radical (unpaired) electrons. The predicted molar refractivity (Wildman–Crippen MR) is 124 cm³/mol. The van der Waals surface area contributed by atoms with Crippen LogP contribution in [0.25, 0.3) is 22.3 Å². The molecule has 1 aliphatic heterocycles. The van der Waals surface area contributed by atoms with Gasteiger partial charge >= 0.3 is 0 Å². The van der Waals surface area contributed by atoms with E-state index in [1.165, 1.54) is 37.0 Å². The monoisotopic (exact) mass is 452 g/mol. The molecule has 0 unspecified atom stereocenters. The molecule has 2 aliphatic rings. The summed E-state index contributed by atoms with van der Waals surface area (Å²) >= 11 is 1.49. The van der Waals surface area contributed by atoms with Gasteiger partial charge in [-0.15, -0.1) is 11.3 Å². The molecular formula is C23H28N6O2S. The van der Waals surface area contributed by atoms with Crippen molar-refractivity contribution < 1.29 is 9.21 Å². The Kier molecular flexibility index (Phi) is 6.29. The fraction of sp³-hybridized carbons (Fsp3) is 0.478. The minimum Gasteiger partial charge on any atom is -0.458 e. The third-order valence-electron chi connectivity index (χ3n) is 6.22. The molecule has 2 fully saturated rings. The molecule has 1 N–H and O–H groups in total. The molecule has 1 amide bonds. The molecule has 1 saturated carbocycles. The molecular weight excluding hydrogens is 424 g/mol. The molecule has 32 heavy (non-hydrogen) atoms. The maximum absolute atomic E-state index is 12.8. The Morgan fingerprint density at radius 1 is 1.19 bits per heavy atom. The molecule has 0 spiro atoms. The minimum absolute atomic E-state index is 0.0651. The van der Waals surface area contributed by atoms with Crippen molar-refractivity contribution in [1.82, 2.24) is 24.8 Å². The van der Waals surface area contributed by atoms with Gasteiger partial charge in [-0.25, -0.2) is 15.0 Å². The zero-order valence-electron chi connectivity index (χ0n) is 18.3. The average molecular weight is 453 g/mol. The third kappa shape index (κ3) is 4.90. The zero-order chi connectivity index (χ0) is 21.9. The fourth-order valence-corrected chi connectivity index (χ4v) is 5.17. The Labute approximate surface area is 191 Å². The first-order valence-electron chi connectivity index (χ1n) is 11.3. The quantitative estimate of drug-likeness (QED) is 0.611. The smallest absolute Gasteiger partial charge is 0.239 e. The number of piperazine rings is 1. The summed E-state index contributed by atoms with van der Waals surface area (Å²) in [5.41, 5.74) is 0.666. The van der Waals surface area contributed by atoms with E-state index < -0.39 is 0 Å². The van der Waals surface area contributed by atoms with Crippen LogP contribution in [0.15, 0.2) is 34.2 Å². The highest BCUT2D eigenvalue weighted by atomic mass is 32.1. The lowest BCUT2D eigenvalue weighted by Gasteiger charge is -2.37. The number of carbonyl (C=O) groups excluding carboxylic acids is 1. The van der Waals surface area contributed by atoms with Crippen molar-refractivity contribution in [3.63, 3.8) is 0 Å². The second-order valence-electron chi connectivity index (χ2n) is 8.51. The van der Waals surface area contributed by atoms with E-state index in [9.17, 15) is 4.79 Å². The molecule has 0 aromatic carbocycles. The van der Waals surface area contributed by atoms with Crippen LogP contribution < -0.4 is 5.32 Å². The topological polar surface area (TPSA) is 87.4 Å². The predicted octanol–water partition coefficient (Wildman–Crippen LogP) is 3.67. The lowest BCUT2D eigenvalue weighted by Crippen LogP contribution is -2.51. The van der Waals surface area contributed by atoms with Crippen LogP contribution >= 0.6 is 11.3 Å². The first kappa shape index (κ1) is 21.2. The molecule has 4 heterocycles. The molecule has 5 rings (SSSR count). The fourth-order valence-electron chi connectivity index (χ4n) is 4.58. The van der Waals surface area contributed by atoms with E-state index in [2.05, 4.69) is 30.1 Å². The number of carbonyl (C=O) groups is 1. The van der Waals surface area contributed by atoms with Crippen molar-refractivity contribution in [3.05, 3.63) is 35.5 Å². The lowest BCUT2D eigenvalue weighted by atomic mass is 10.2. The number of hydrogen-bond donors (Lipinski definition) is 1. The summed E-state index contributed by atoms with van der Waals surface area (Å²) in [4.78, 5) is 31.1. The molecule has 1 saturated heterocycles. The van der Waals surface area contributed by atoms with E-state index >= 15 is 0 Å². The summed E-state index contributed by atoms with van der Waals surface area (Å²) in [7, 11) is 0. The van der Waals surface area contributed by atoms with Gasteiger partial charge in [0.2, 0.25) is 5.91 Å². The van der Waals surface area contributed by atoms with Crippen LogP contribution in [0.4, 0.5) is 5.82 Å². The normalized spacial score (nSPS) is 18.3. The minimum atomic E-state index is -0.0651. The highest BCUT2D eigenvalue weighted by Gasteiger charge is 2.27. The molecule has 9 heteroatoms. The first-order chi connectivity index (χ1) is 15.6. The summed E-state index contributed by atoms with van der Waals surface area (Å²) in [5.74, 6) is 2.19. The zero-order valence-corrected chi connectivity index (χ0v) is 19.1. The van der Waals surface area contributed by atoms with Crippen LogP contribution in [-0.4, -0.2) is 69.4 Å². The van der Waals surface area contributed by atoms with Gasteiger partial charge < -0.3 is 9.73 Å². The lowest BCUT2D eigenvalue weighted by molar-refractivity contribution is -0.117. The Bertz CT molecular complexity index is 1050. The second kappa shape index (κ2) is 9.48. The molecule has 3 aromatic rings. The number of amides is 1. The molecule has 0 atom stereocenters. The number of furan rings is 1. The van der Waals surface area contributed by atoms with Crippen molar-refractivity contribution in [2.45, 2.75) is 38.6 Å². The highest BCUT2D eigenvalue weighted by Crippen LogP contribution is 2.27. The maximum Gasteiger partial charge on any atom is 0.239 e. The number of anilines is 1. The van der Waals surface area contributed by atoms with Crippen molar-refractivity contribution in [1.29, 1.82) is 0 Å². The summed E-state index contributed by atoms with van der Waals surface area (Å²) in [6, 6.07) is 6.23. The highest BCUT2D eigenvalue weighted by molar-refractivity contribution is 7.13. The van der Waals surface area contributed by atoms with Gasteiger partial charge in [-0.05, 0) is 31.9 Å². The summed E-state index contributed by atoms with van der Waals surface area (Å²) in [6.07, 6.45) is 7.10. The largest absolute Gasteiger partial charge is 0.458 e. The molecule has 168 valence electrons. The van der Waals surface area contributed by atoms with E-state index in [0.29, 0.717) is 29.6 Å². The van der Waals surface area contributed by atoms with E-state index in [0.717, 1.165) is 43.0 Å².